The Kier molecular flexibility index (Phi) is 7.41. The molecular weight excluding hydrogens is 452 g/mol. The zero-order valence-corrected chi connectivity index (χ0v) is 18.3. The van der Waals surface area contributed by atoms with Crippen molar-refractivity contribution in [1.82, 2.24) is 9.21 Å². The van der Waals surface area contributed by atoms with Crippen molar-refractivity contribution < 1.29 is 13.2 Å². The van der Waals surface area contributed by atoms with Crippen molar-refractivity contribution in [2.75, 3.05) is 26.2 Å². The number of hydrogen-bond acceptors (Lipinski definition) is 3. The van der Waals surface area contributed by atoms with Gasteiger partial charge in [0.1, 0.15) is 0 Å². The molecule has 0 bridgehead atoms. The average molecular weight is 475 g/mol. The van der Waals surface area contributed by atoms with Crippen molar-refractivity contribution in [1.29, 1.82) is 0 Å². The molecule has 152 valence electrons. The molecule has 1 fully saturated rings. The average Bonchev–Trinajstić information content (AvgIpc) is 2.99. The van der Waals surface area contributed by atoms with Crippen LogP contribution >= 0.6 is 15.9 Å². The summed E-state index contributed by atoms with van der Waals surface area (Å²) in [5.41, 5.74) is 1.77. The summed E-state index contributed by atoms with van der Waals surface area (Å²) in [5.74, 6) is -0.105. The summed E-state index contributed by atoms with van der Waals surface area (Å²) in [4.78, 5) is 14.2. The van der Waals surface area contributed by atoms with Gasteiger partial charge in [0.05, 0.1) is 0 Å². The number of benzene rings is 2. The third-order valence-corrected chi connectivity index (χ3v) is 6.74. The van der Waals surface area contributed by atoms with E-state index < -0.39 is 10.0 Å². The lowest BCUT2D eigenvalue weighted by Crippen LogP contribution is -2.36. The molecule has 0 N–H and O–H groups in total. The minimum Gasteiger partial charge on any atom is -0.338 e. The molecule has 0 saturated carbocycles. The van der Waals surface area contributed by atoms with Crippen molar-refractivity contribution >= 4 is 44.0 Å². The summed E-state index contributed by atoms with van der Waals surface area (Å²) in [6, 6.07) is 17.0. The van der Waals surface area contributed by atoms with Crippen LogP contribution in [0, 0.1) is 0 Å². The van der Waals surface area contributed by atoms with Gasteiger partial charge in [-0.2, -0.15) is 4.31 Å². The summed E-state index contributed by atoms with van der Waals surface area (Å²) in [7, 11) is -3.52. The van der Waals surface area contributed by atoms with E-state index in [1.165, 1.54) is 9.71 Å². The second-order valence-corrected chi connectivity index (χ2v) is 9.46. The molecule has 0 aliphatic carbocycles. The highest BCUT2D eigenvalue weighted by Gasteiger charge is 2.24. The molecule has 1 saturated heterocycles. The molecule has 0 atom stereocenters. The summed E-state index contributed by atoms with van der Waals surface area (Å²) in [6.45, 7) is 1.61. The van der Waals surface area contributed by atoms with E-state index in [-0.39, 0.29) is 5.91 Å². The van der Waals surface area contributed by atoms with Gasteiger partial charge in [0.15, 0.2) is 0 Å². The Balaban J connectivity index is 1.59. The lowest BCUT2D eigenvalue weighted by Gasteiger charge is -2.19. The fourth-order valence-corrected chi connectivity index (χ4v) is 4.52. The van der Waals surface area contributed by atoms with E-state index in [1.54, 1.807) is 23.1 Å². The van der Waals surface area contributed by atoms with Gasteiger partial charge in [-0.3, -0.25) is 4.79 Å². The zero-order chi connectivity index (χ0) is 20.7. The van der Waals surface area contributed by atoms with Crippen LogP contribution in [0.4, 0.5) is 0 Å². The molecule has 1 amide bonds. The maximum Gasteiger partial charge on any atom is 0.246 e. The van der Waals surface area contributed by atoms with Crippen LogP contribution in [0.5, 0.6) is 0 Å². The fraction of sp³-hybridized carbons (Fsp3) is 0.227. The normalized spacial score (nSPS) is 16.4. The van der Waals surface area contributed by atoms with E-state index in [0.717, 1.165) is 15.6 Å². The van der Waals surface area contributed by atoms with Crippen LogP contribution in [0.3, 0.4) is 0 Å². The zero-order valence-electron chi connectivity index (χ0n) is 15.9. The van der Waals surface area contributed by atoms with Crippen molar-refractivity contribution in [3.63, 3.8) is 0 Å². The van der Waals surface area contributed by atoms with Crippen molar-refractivity contribution in [3.05, 3.63) is 81.7 Å². The Hall–Kier alpha value is -2.22. The van der Waals surface area contributed by atoms with Crippen LogP contribution in [0.15, 0.2) is 70.6 Å². The summed E-state index contributed by atoms with van der Waals surface area (Å²) < 4.78 is 27.7. The van der Waals surface area contributed by atoms with Gasteiger partial charge in [-0.05, 0) is 41.8 Å². The van der Waals surface area contributed by atoms with E-state index in [0.29, 0.717) is 32.6 Å². The standard InChI is InChI=1S/C22H23BrN2O3S/c23-21-10-7-20(8-11-21)9-12-22(26)24-14-4-15-25(17-16-24)29(27,28)18-13-19-5-2-1-3-6-19/h1-3,5-13,18H,4,14-17H2/b12-9+,18-13+. The molecule has 7 heteroatoms. The third-order valence-electron chi connectivity index (χ3n) is 4.65. The largest absolute Gasteiger partial charge is 0.338 e. The first kappa shape index (κ1) is 21.5. The predicted octanol–water partition coefficient (Wildman–Crippen LogP) is 4.00. The highest BCUT2D eigenvalue weighted by molar-refractivity contribution is 9.10. The first-order valence-corrected chi connectivity index (χ1v) is 11.7. The molecule has 2 aromatic rings. The topological polar surface area (TPSA) is 57.7 Å². The van der Waals surface area contributed by atoms with Crippen LogP contribution < -0.4 is 0 Å². The number of rotatable bonds is 5. The molecular formula is C22H23BrN2O3S. The lowest BCUT2D eigenvalue weighted by atomic mass is 10.2. The molecule has 1 aliphatic heterocycles. The molecule has 5 nitrogen and oxygen atoms in total. The first-order chi connectivity index (χ1) is 13.9. The number of sulfonamides is 1. The molecule has 0 aromatic heterocycles. The SMILES string of the molecule is O=C(/C=C/c1ccc(Br)cc1)N1CCCN(S(=O)(=O)/C=C/c2ccccc2)CC1. The van der Waals surface area contributed by atoms with Crippen LogP contribution in [0.1, 0.15) is 17.5 Å². The molecule has 3 rings (SSSR count). The Morgan fingerprint density at radius 1 is 0.862 bits per heavy atom. The number of carbonyl (C=O) groups excluding carboxylic acids is 1. The molecule has 1 aliphatic rings. The van der Waals surface area contributed by atoms with Gasteiger partial charge in [0, 0.05) is 42.1 Å². The highest BCUT2D eigenvalue weighted by atomic mass is 79.9. The first-order valence-electron chi connectivity index (χ1n) is 9.40. The Labute approximate surface area is 180 Å². The smallest absolute Gasteiger partial charge is 0.246 e. The number of hydrogen-bond donors (Lipinski definition) is 0. The third kappa shape index (κ3) is 6.39. The minimum absolute atomic E-state index is 0.105. The van der Waals surface area contributed by atoms with Crippen LogP contribution in [0.2, 0.25) is 0 Å². The van der Waals surface area contributed by atoms with Crippen molar-refractivity contribution in [2.45, 2.75) is 6.42 Å². The quantitative estimate of drug-likeness (QED) is 0.615. The van der Waals surface area contributed by atoms with Crippen LogP contribution in [0.25, 0.3) is 12.2 Å². The molecule has 2 aromatic carbocycles. The molecule has 0 unspecified atom stereocenters. The van der Waals surface area contributed by atoms with E-state index in [9.17, 15) is 13.2 Å². The number of nitrogens with zero attached hydrogens (tertiary/aromatic N) is 2. The van der Waals surface area contributed by atoms with E-state index >= 15 is 0 Å². The van der Waals surface area contributed by atoms with Crippen molar-refractivity contribution in [3.8, 4) is 0 Å². The maximum atomic E-state index is 12.6. The van der Waals surface area contributed by atoms with Gasteiger partial charge < -0.3 is 4.90 Å². The predicted molar refractivity (Wildman–Crippen MR) is 120 cm³/mol. The van der Waals surface area contributed by atoms with E-state index in [2.05, 4.69) is 15.9 Å². The number of amides is 1. The summed E-state index contributed by atoms with van der Waals surface area (Å²) in [6.07, 6.45) is 5.53. The molecule has 29 heavy (non-hydrogen) atoms. The Morgan fingerprint density at radius 3 is 2.28 bits per heavy atom. The van der Waals surface area contributed by atoms with Gasteiger partial charge in [0.2, 0.25) is 15.9 Å². The van der Waals surface area contributed by atoms with Gasteiger partial charge in [-0.25, -0.2) is 8.42 Å². The molecule has 1 heterocycles. The van der Waals surface area contributed by atoms with Gasteiger partial charge in [-0.1, -0.05) is 58.4 Å². The van der Waals surface area contributed by atoms with Gasteiger partial charge in [-0.15, -0.1) is 0 Å². The van der Waals surface area contributed by atoms with E-state index in [4.69, 9.17) is 0 Å². The van der Waals surface area contributed by atoms with Crippen LogP contribution in [-0.2, 0) is 14.8 Å². The lowest BCUT2D eigenvalue weighted by molar-refractivity contribution is -0.125. The Morgan fingerprint density at radius 2 is 1.55 bits per heavy atom. The monoisotopic (exact) mass is 474 g/mol. The maximum absolute atomic E-state index is 12.6. The molecule has 0 radical (unpaired) electrons. The summed E-state index contributed by atoms with van der Waals surface area (Å²) in [5, 5.41) is 1.24. The molecule has 0 spiro atoms. The van der Waals surface area contributed by atoms with Crippen LogP contribution in [-0.4, -0.2) is 49.7 Å². The van der Waals surface area contributed by atoms with E-state index in [1.807, 2.05) is 54.6 Å². The second-order valence-electron chi connectivity index (χ2n) is 6.72. The number of carbonyl (C=O) groups is 1. The minimum atomic E-state index is -3.52. The Bertz CT molecular complexity index is 986. The van der Waals surface area contributed by atoms with Gasteiger partial charge in [0.25, 0.3) is 0 Å². The highest BCUT2D eigenvalue weighted by Crippen LogP contribution is 2.14. The fourth-order valence-electron chi connectivity index (χ4n) is 3.03. The summed E-state index contributed by atoms with van der Waals surface area (Å²) >= 11 is 3.38. The second kappa shape index (κ2) is 10.0. The van der Waals surface area contributed by atoms with Crippen molar-refractivity contribution in [2.24, 2.45) is 0 Å². The van der Waals surface area contributed by atoms with Gasteiger partial charge >= 0.3 is 0 Å². The number of halogens is 1.